The highest BCUT2D eigenvalue weighted by atomic mass is 32.2. The maximum absolute atomic E-state index is 5.85. The zero-order valence-electron chi connectivity index (χ0n) is 16.2. The SMILES string of the molecule is CC[C@@H]1CSC2=N[C@@H](c3ccccn3)[C@H](c3ccc(OC)c(C)c3OC)N21. The lowest BCUT2D eigenvalue weighted by molar-refractivity contribution is 0.248. The molecule has 3 heterocycles. The molecule has 2 aromatic rings. The molecule has 0 spiro atoms. The van der Waals surface area contributed by atoms with Crippen molar-refractivity contribution in [2.24, 2.45) is 4.99 Å². The molecule has 4 rings (SSSR count). The van der Waals surface area contributed by atoms with Crippen LogP contribution in [0.3, 0.4) is 0 Å². The van der Waals surface area contributed by atoms with Crippen LogP contribution < -0.4 is 9.47 Å². The standard InChI is InChI=1S/C21H25N3O2S/c1-5-14-12-27-21-23-18(16-8-6-7-11-22-16)19(24(14)21)15-9-10-17(25-3)13(2)20(15)26-4/h6-11,14,18-19H,5,12H2,1-4H3/t14-,18+,19+/m1/s1. The van der Waals surface area contributed by atoms with Crippen LogP contribution in [0.4, 0.5) is 0 Å². The van der Waals surface area contributed by atoms with E-state index < -0.39 is 0 Å². The first-order valence-electron chi connectivity index (χ1n) is 9.30. The summed E-state index contributed by atoms with van der Waals surface area (Å²) >= 11 is 1.85. The fourth-order valence-electron chi connectivity index (χ4n) is 4.11. The zero-order valence-corrected chi connectivity index (χ0v) is 17.0. The van der Waals surface area contributed by atoms with E-state index in [4.69, 9.17) is 14.5 Å². The smallest absolute Gasteiger partial charge is 0.160 e. The number of ether oxygens (including phenoxy) is 2. The van der Waals surface area contributed by atoms with Gasteiger partial charge in [-0.3, -0.25) is 9.98 Å². The van der Waals surface area contributed by atoms with E-state index in [1.807, 2.05) is 43.1 Å². The van der Waals surface area contributed by atoms with Crippen LogP contribution in [0.2, 0.25) is 0 Å². The van der Waals surface area contributed by atoms with Crippen LogP contribution in [-0.4, -0.2) is 41.1 Å². The number of aromatic nitrogens is 1. The maximum Gasteiger partial charge on any atom is 0.160 e. The lowest BCUT2D eigenvalue weighted by Crippen LogP contribution is -2.35. The highest BCUT2D eigenvalue weighted by Gasteiger charge is 2.46. The van der Waals surface area contributed by atoms with Crippen molar-refractivity contribution in [3.63, 3.8) is 0 Å². The number of amidine groups is 1. The first-order valence-corrected chi connectivity index (χ1v) is 10.3. The van der Waals surface area contributed by atoms with Crippen LogP contribution in [0.1, 0.15) is 42.2 Å². The summed E-state index contributed by atoms with van der Waals surface area (Å²) < 4.78 is 11.4. The molecule has 5 nitrogen and oxygen atoms in total. The van der Waals surface area contributed by atoms with Crippen LogP contribution in [0, 0.1) is 6.92 Å². The number of rotatable bonds is 5. The summed E-state index contributed by atoms with van der Waals surface area (Å²) in [6, 6.07) is 10.7. The van der Waals surface area contributed by atoms with Crippen molar-refractivity contribution in [2.45, 2.75) is 38.4 Å². The van der Waals surface area contributed by atoms with E-state index in [-0.39, 0.29) is 12.1 Å². The average molecular weight is 384 g/mol. The number of aliphatic imine (C=N–C) groups is 1. The van der Waals surface area contributed by atoms with Gasteiger partial charge in [0.1, 0.15) is 17.5 Å². The zero-order chi connectivity index (χ0) is 19.0. The fourth-order valence-corrected chi connectivity index (χ4v) is 5.44. The second kappa shape index (κ2) is 7.43. The third-order valence-corrected chi connectivity index (χ3v) is 6.58. The molecular formula is C21H25N3O2S. The minimum atomic E-state index is -0.0373. The highest BCUT2D eigenvalue weighted by Crippen LogP contribution is 2.51. The van der Waals surface area contributed by atoms with Crippen molar-refractivity contribution < 1.29 is 9.47 Å². The summed E-state index contributed by atoms with van der Waals surface area (Å²) in [4.78, 5) is 12.2. The topological polar surface area (TPSA) is 47.0 Å². The Balaban J connectivity index is 1.86. The molecule has 1 fully saturated rings. The van der Waals surface area contributed by atoms with Gasteiger partial charge in [-0.25, -0.2) is 0 Å². The van der Waals surface area contributed by atoms with E-state index in [2.05, 4.69) is 28.9 Å². The molecule has 0 saturated carbocycles. The normalized spacial score (nSPS) is 23.9. The van der Waals surface area contributed by atoms with Gasteiger partial charge in [0.25, 0.3) is 0 Å². The molecule has 0 radical (unpaired) electrons. The van der Waals surface area contributed by atoms with Crippen molar-refractivity contribution >= 4 is 16.9 Å². The Morgan fingerprint density at radius 3 is 2.70 bits per heavy atom. The van der Waals surface area contributed by atoms with E-state index in [9.17, 15) is 0 Å². The largest absolute Gasteiger partial charge is 0.496 e. The monoisotopic (exact) mass is 383 g/mol. The number of hydrogen-bond donors (Lipinski definition) is 0. The lowest BCUT2D eigenvalue weighted by atomic mass is 9.93. The Morgan fingerprint density at radius 1 is 1.19 bits per heavy atom. The molecule has 1 aromatic heterocycles. The van der Waals surface area contributed by atoms with E-state index in [0.717, 1.165) is 45.7 Å². The maximum atomic E-state index is 5.85. The molecule has 142 valence electrons. The number of pyridine rings is 1. The van der Waals surface area contributed by atoms with Crippen LogP contribution in [0.25, 0.3) is 0 Å². The molecule has 1 aromatic carbocycles. The number of nitrogens with zero attached hydrogens (tertiary/aromatic N) is 3. The highest BCUT2D eigenvalue weighted by molar-refractivity contribution is 8.14. The van der Waals surface area contributed by atoms with Crippen molar-refractivity contribution in [2.75, 3.05) is 20.0 Å². The number of thioether (sulfide) groups is 1. The molecule has 0 bridgehead atoms. The fraction of sp³-hybridized carbons (Fsp3) is 0.429. The molecule has 1 saturated heterocycles. The van der Waals surface area contributed by atoms with E-state index in [1.165, 1.54) is 0 Å². The second-order valence-corrected chi connectivity index (χ2v) is 7.84. The molecule has 0 N–H and O–H groups in total. The Bertz CT molecular complexity index is 856. The van der Waals surface area contributed by atoms with Gasteiger partial charge in [-0.1, -0.05) is 24.8 Å². The predicted octanol–water partition coefficient (Wildman–Crippen LogP) is 4.39. The molecule has 2 aliphatic heterocycles. The van der Waals surface area contributed by atoms with Gasteiger partial charge in [0, 0.05) is 29.1 Å². The van der Waals surface area contributed by atoms with E-state index in [1.54, 1.807) is 14.2 Å². The molecule has 27 heavy (non-hydrogen) atoms. The van der Waals surface area contributed by atoms with Crippen LogP contribution in [0.15, 0.2) is 41.5 Å². The van der Waals surface area contributed by atoms with Crippen molar-refractivity contribution in [3.05, 3.63) is 53.3 Å². The van der Waals surface area contributed by atoms with Gasteiger partial charge < -0.3 is 14.4 Å². The minimum Gasteiger partial charge on any atom is -0.496 e. The third-order valence-electron chi connectivity index (χ3n) is 5.46. The average Bonchev–Trinajstić information content (AvgIpc) is 3.27. The number of benzene rings is 1. The van der Waals surface area contributed by atoms with Gasteiger partial charge in [0.15, 0.2) is 5.17 Å². The quantitative estimate of drug-likeness (QED) is 0.766. The Labute approximate surface area is 164 Å². The molecule has 0 unspecified atom stereocenters. The summed E-state index contributed by atoms with van der Waals surface area (Å²) in [5.41, 5.74) is 3.16. The molecular weight excluding hydrogens is 358 g/mol. The van der Waals surface area contributed by atoms with Gasteiger partial charge in [0.2, 0.25) is 0 Å². The summed E-state index contributed by atoms with van der Waals surface area (Å²) in [5.74, 6) is 2.80. The molecule has 6 heteroatoms. The van der Waals surface area contributed by atoms with Gasteiger partial charge >= 0.3 is 0 Å². The number of fused-ring (bicyclic) bond motifs is 1. The molecule has 0 aliphatic carbocycles. The van der Waals surface area contributed by atoms with Gasteiger partial charge in [-0.05, 0) is 37.6 Å². The summed E-state index contributed by atoms with van der Waals surface area (Å²) in [5, 5.41) is 1.12. The van der Waals surface area contributed by atoms with E-state index in [0.29, 0.717) is 6.04 Å². The van der Waals surface area contributed by atoms with Crippen LogP contribution in [0.5, 0.6) is 11.5 Å². The molecule has 2 aliphatic rings. The second-order valence-electron chi connectivity index (χ2n) is 6.85. The summed E-state index contributed by atoms with van der Waals surface area (Å²) in [7, 11) is 3.42. The summed E-state index contributed by atoms with van der Waals surface area (Å²) in [6.45, 7) is 4.29. The van der Waals surface area contributed by atoms with E-state index >= 15 is 0 Å². The van der Waals surface area contributed by atoms with Crippen molar-refractivity contribution in [3.8, 4) is 11.5 Å². The predicted molar refractivity (Wildman–Crippen MR) is 110 cm³/mol. The lowest BCUT2D eigenvalue weighted by Gasteiger charge is -2.33. The van der Waals surface area contributed by atoms with Crippen LogP contribution in [-0.2, 0) is 0 Å². The minimum absolute atomic E-state index is 0.0373. The summed E-state index contributed by atoms with van der Waals surface area (Å²) in [6.07, 6.45) is 2.94. The number of methoxy groups -OCH3 is 2. The first-order chi connectivity index (χ1) is 13.2. The third kappa shape index (κ3) is 2.96. The van der Waals surface area contributed by atoms with Gasteiger partial charge in [-0.2, -0.15) is 0 Å². The number of hydrogen-bond acceptors (Lipinski definition) is 6. The Morgan fingerprint density at radius 2 is 2.04 bits per heavy atom. The van der Waals surface area contributed by atoms with Gasteiger partial charge in [-0.15, -0.1) is 0 Å². The molecule has 3 atom stereocenters. The van der Waals surface area contributed by atoms with Crippen molar-refractivity contribution in [1.29, 1.82) is 0 Å². The van der Waals surface area contributed by atoms with Crippen molar-refractivity contribution in [1.82, 2.24) is 9.88 Å². The first kappa shape index (κ1) is 18.2. The Hall–Kier alpha value is -2.21. The molecule has 0 amide bonds. The Kier molecular flexibility index (Phi) is 5.00. The van der Waals surface area contributed by atoms with Crippen LogP contribution >= 0.6 is 11.8 Å². The van der Waals surface area contributed by atoms with Gasteiger partial charge in [0.05, 0.1) is 26.0 Å².